The Kier molecular flexibility index (Phi) is 4.23. The first-order chi connectivity index (χ1) is 7.70. The Hall–Kier alpha value is -1.64. The maximum atomic E-state index is 11.6. The fraction of sp³-hybridized carbons (Fsp3) is 0.385. The van der Waals surface area contributed by atoms with Gasteiger partial charge in [0, 0.05) is 18.0 Å². The molecule has 16 heavy (non-hydrogen) atoms. The lowest BCUT2D eigenvalue weighted by molar-refractivity contribution is 0.963. The quantitative estimate of drug-likeness (QED) is 0.737. The molecule has 0 atom stereocenters. The Balaban J connectivity index is 0.000000606. The smallest absolute Gasteiger partial charge is 0.258 e. The molecule has 0 aliphatic carbocycles. The number of pyridine rings is 1. The minimum absolute atomic E-state index is 0.00755. The zero-order valence-corrected chi connectivity index (χ0v) is 10.3. The van der Waals surface area contributed by atoms with E-state index in [1.165, 1.54) is 0 Å². The largest absolute Gasteiger partial charge is 0.269 e. The summed E-state index contributed by atoms with van der Waals surface area (Å²) in [6.45, 7) is 7.98. The molecule has 0 aliphatic rings. The number of aromatic nitrogens is 2. The van der Waals surface area contributed by atoms with Gasteiger partial charge in [0.25, 0.3) is 5.56 Å². The predicted octanol–water partition coefficient (Wildman–Crippen LogP) is 2.59. The molecule has 0 amide bonds. The van der Waals surface area contributed by atoms with Crippen molar-refractivity contribution in [1.29, 1.82) is 0 Å². The summed E-state index contributed by atoms with van der Waals surface area (Å²) in [7, 11) is 0. The SMILES string of the molecule is CC.CCc1cc(=O)n2ccc(C)cc2n1. The highest BCUT2D eigenvalue weighted by Crippen LogP contribution is 2.02. The Bertz CT molecular complexity index is 529. The second-order valence-electron chi connectivity index (χ2n) is 3.37. The summed E-state index contributed by atoms with van der Waals surface area (Å²) in [6, 6.07) is 5.41. The zero-order chi connectivity index (χ0) is 12.1. The highest BCUT2D eigenvalue weighted by Gasteiger charge is 1.99. The lowest BCUT2D eigenvalue weighted by Gasteiger charge is -2.02. The van der Waals surface area contributed by atoms with Crippen molar-refractivity contribution in [2.24, 2.45) is 0 Å². The zero-order valence-electron chi connectivity index (χ0n) is 10.3. The van der Waals surface area contributed by atoms with Crippen LogP contribution in [0, 0.1) is 6.92 Å². The average Bonchev–Trinajstić information content (AvgIpc) is 2.30. The van der Waals surface area contributed by atoms with E-state index in [1.807, 2.05) is 39.8 Å². The van der Waals surface area contributed by atoms with Gasteiger partial charge in [-0.1, -0.05) is 20.8 Å². The first kappa shape index (κ1) is 12.4. The molecule has 2 aromatic heterocycles. The molecule has 0 aromatic carbocycles. The third-order valence-corrected chi connectivity index (χ3v) is 2.24. The molecule has 0 saturated carbocycles. The summed E-state index contributed by atoms with van der Waals surface area (Å²) < 4.78 is 1.56. The normalized spacial score (nSPS) is 9.75. The molecule has 0 saturated heterocycles. The van der Waals surface area contributed by atoms with Gasteiger partial charge in [-0.05, 0) is 31.0 Å². The lowest BCUT2D eigenvalue weighted by atomic mass is 10.3. The van der Waals surface area contributed by atoms with Gasteiger partial charge in [-0.25, -0.2) is 4.98 Å². The van der Waals surface area contributed by atoms with Crippen LogP contribution in [0.25, 0.3) is 5.65 Å². The second kappa shape index (κ2) is 5.45. The number of hydrogen-bond donors (Lipinski definition) is 0. The monoisotopic (exact) mass is 218 g/mol. The molecule has 0 aliphatic heterocycles. The average molecular weight is 218 g/mol. The number of nitrogens with zero attached hydrogens (tertiary/aromatic N) is 2. The molecule has 2 heterocycles. The van der Waals surface area contributed by atoms with Gasteiger partial charge in [0.05, 0.1) is 0 Å². The summed E-state index contributed by atoms with van der Waals surface area (Å²) in [5.74, 6) is 0. The first-order valence-electron chi connectivity index (χ1n) is 5.69. The maximum absolute atomic E-state index is 11.6. The van der Waals surface area contributed by atoms with Crippen LogP contribution in [-0.4, -0.2) is 9.38 Å². The highest BCUT2D eigenvalue weighted by molar-refractivity contribution is 5.41. The summed E-state index contributed by atoms with van der Waals surface area (Å²) in [5.41, 5.74) is 2.69. The molecule has 3 heteroatoms. The van der Waals surface area contributed by atoms with Crippen molar-refractivity contribution in [3.63, 3.8) is 0 Å². The van der Waals surface area contributed by atoms with Gasteiger partial charge in [0.2, 0.25) is 0 Å². The van der Waals surface area contributed by atoms with E-state index >= 15 is 0 Å². The van der Waals surface area contributed by atoms with Crippen molar-refractivity contribution in [1.82, 2.24) is 9.38 Å². The van der Waals surface area contributed by atoms with Crippen LogP contribution in [0.5, 0.6) is 0 Å². The van der Waals surface area contributed by atoms with E-state index in [0.717, 1.165) is 23.3 Å². The summed E-state index contributed by atoms with van der Waals surface area (Å²) in [6.07, 6.45) is 2.55. The molecular formula is C13H18N2O. The third-order valence-electron chi connectivity index (χ3n) is 2.24. The lowest BCUT2D eigenvalue weighted by Crippen LogP contribution is -2.15. The Morgan fingerprint density at radius 1 is 1.31 bits per heavy atom. The van der Waals surface area contributed by atoms with Gasteiger partial charge in [0.1, 0.15) is 5.65 Å². The molecule has 0 fully saturated rings. The van der Waals surface area contributed by atoms with Crippen LogP contribution in [0.1, 0.15) is 32.0 Å². The first-order valence-corrected chi connectivity index (χ1v) is 5.69. The van der Waals surface area contributed by atoms with Crippen LogP contribution >= 0.6 is 0 Å². The fourth-order valence-corrected chi connectivity index (χ4v) is 1.43. The summed E-state index contributed by atoms with van der Waals surface area (Å²) in [4.78, 5) is 16.0. The Morgan fingerprint density at radius 2 is 2.00 bits per heavy atom. The molecule has 0 bridgehead atoms. The molecular weight excluding hydrogens is 200 g/mol. The molecule has 0 spiro atoms. The number of hydrogen-bond acceptors (Lipinski definition) is 2. The van der Waals surface area contributed by atoms with Gasteiger partial charge in [-0.3, -0.25) is 9.20 Å². The van der Waals surface area contributed by atoms with Crippen LogP contribution in [0.15, 0.2) is 29.2 Å². The minimum Gasteiger partial charge on any atom is -0.269 e. The van der Waals surface area contributed by atoms with Crippen LogP contribution < -0.4 is 5.56 Å². The number of rotatable bonds is 1. The van der Waals surface area contributed by atoms with Crippen molar-refractivity contribution < 1.29 is 0 Å². The molecule has 0 N–H and O–H groups in total. The van der Waals surface area contributed by atoms with Crippen molar-refractivity contribution in [3.8, 4) is 0 Å². The minimum atomic E-state index is -0.00755. The third kappa shape index (κ3) is 2.48. The van der Waals surface area contributed by atoms with Crippen molar-refractivity contribution in [2.75, 3.05) is 0 Å². The van der Waals surface area contributed by atoms with E-state index in [9.17, 15) is 4.79 Å². The van der Waals surface area contributed by atoms with Gasteiger partial charge >= 0.3 is 0 Å². The Morgan fingerprint density at radius 3 is 2.62 bits per heavy atom. The van der Waals surface area contributed by atoms with Crippen LogP contribution in [-0.2, 0) is 6.42 Å². The molecule has 0 unspecified atom stereocenters. The van der Waals surface area contributed by atoms with E-state index < -0.39 is 0 Å². The van der Waals surface area contributed by atoms with Gasteiger partial charge < -0.3 is 0 Å². The molecule has 2 rings (SSSR count). The van der Waals surface area contributed by atoms with Gasteiger partial charge in [-0.2, -0.15) is 0 Å². The molecule has 86 valence electrons. The van der Waals surface area contributed by atoms with E-state index in [4.69, 9.17) is 0 Å². The van der Waals surface area contributed by atoms with Gasteiger partial charge in [-0.15, -0.1) is 0 Å². The predicted molar refractivity (Wildman–Crippen MR) is 66.9 cm³/mol. The van der Waals surface area contributed by atoms with Crippen molar-refractivity contribution in [3.05, 3.63) is 46.0 Å². The van der Waals surface area contributed by atoms with Crippen molar-refractivity contribution in [2.45, 2.75) is 34.1 Å². The maximum Gasteiger partial charge on any atom is 0.258 e. The number of aryl methyl sites for hydroxylation is 2. The topological polar surface area (TPSA) is 34.4 Å². The van der Waals surface area contributed by atoms with E-state index in [2.05, 4.69) is 4.98 Å². The highest BCUT2D eigenvalue weighted by atomic mass is 16.1. The van der Waals surface area contributed by atoms with Crippen LogP contribution in [0.2, 0.25) is 0 Å². The molecule has 3 nitrogen and oxygen atoms in total. The van der Waals surface area contributed by atoms with Crippen LogP contribution in [0.3, 0.4) is 0 Å². The standard InChI is InChI=1S/C11H12N2O.C2H6/c1-3-9-7-11(14)13-5-4-8(2)6-10(13)12-9;1-2/h4-7H,3H2,1-2H3;1-2H3. The van der Waals surface area contributed by atoms with Gasteiger partial charge in [0.15, 0.2) is 0 Å². The van der Waals surface area contributed by atoms with Crippen molar-refractivity contribution >= 4 is 5.65 Å². The molecule has 2 aromatic rings. The van der Waals surface area contributed by atoms with E-state index in [1.54, 1.807) is 16.7 Å². The van der Waals surface area contributed by atoms with E-state index in [-0.39, 0.29) is 5.56 Å². The summed E-state index contributed by atoms with van der Waals surface area (Å²) >= 11 is 0. The summed E-state index contributed by atoms with van der Waals surface area (Å²) in [5, 5.41) is 0. The van der Waals surface area contributed by atoms with Crippen LogP contribution in [0.4, 0.5) is 0 Å². The van der Waals surface area contributed by atoms with E-state index in [0.29, 0.717) is 0 Å². The fourth-order valence-electron chi connectivity index (χ4n) is 1.43. The molecule has 0 radical (unpaired) electrons. The Labute approximate surface area is 95.8 Å². The second-order valence-corrected chi connectivity index (χ2v) is 3.37. The number of fused-ring (bicyclic) bond motifs is 1.